The molecule has 0 unspecified atom stereocenters. The number of pyridine rings is 1. The molecule has 2 aromatic rings. The molecule has 0 atom stereocenters. The summed E-state index contributed by atoms with van der Waals surface area (Å²) in [5.41, 5.74) is 3.35. The van der Waals surface area contributed by atoms with Crippen LogP contribution in [0.5, 0.6) is 11.6 Å². The summed E-state index contributed by atoms with van der Waals surface area (Å²) in [7, 11) is 0. The van der Waals surface area contributed by atoms with E-state index in [1.165, 1.54) is 6.07 Å². The predicted molar refractivity (Wildman–Crippen MR) is 84.2 cm³/mol. The van der Waals surface area contributed by atoms with Gasteiger partial charge in [0.15, 0.2) is 0 Å². The minimum absolute atomic E-state index is 0.0433. The highest BCUT2D eigenvalue weighted by Crippen LogP contribution is 2.36. The zero-order chi connectivity index (χ0) is 15.6. The molecule has 1 aromatic carbocycles. The maximum absolute atomic E-state index is 11.2. The molecule has 1 heterocycles. The van der Waals surface area contributed by atoms with E-state index in [2.05, 4.69) is 20.9 Å². The fraction of sp³-hybridized carbons (Fsp3) is 0.267. The van der Waals surface area contributed by atoms with Crippen LogP contribution in [0.2, 0.25) is 0 Å². The van der Waals surface area contributed by atoms with Crippen LogP contribution in [0.3, 0.4) is 0 Å². The van der Waals surface area contributed by atoms with E-state index in [0.29, 0.717) is 16.8 Å². The topological polar surface area (TPSA) is 65.3 Å². The summed E-state index contributed by atoms with van der Waals surface area (Å²) in [6, 6.07) is 5.29. The molecule has 0 aliphatic carbocycles. The highest BCUT2D eigenvalue weighted by atomic mass is 79.9. The smallest absolute Gasteiger partial charge is 0.312 e. The number of ether oxygens (including phenoxy) is 1. The van der Waals surface area contributed by atoms with Crippen LogP contribution in [0.1, 0.15) is 22.3 Å². The van der Waals surface area contributed by atoms with E-state index in [4.69, 9.17) is 4.74 Å². The minimum atomic E-state index is -0.433. The van der Waals surface area contributed by atoms with Gasteiger partial charge in [0.1, 0.15) is 0 Å². The quantitative estimate of drug-likeness (QED) is 0.459. The van der Waals surface area contributed by atoms with Crippen molar-refractivity contribution in [2.45, 2.75) is 26.1 Å². The van der Waals surface area contributed by atoms with Gasteiger partial charge in [-0.2, -0.15) is 0 Å². The van der Waals surface area contributed by atoms with Crippen molar-refractivity contribution in [3.05, 3.63) is 56.8 Å². The van der Waals surface area contributed by atoms with Crippen LogP contribution in [-0.4, -0.2) is 9.91 Å². The van der Waals surface area contributed by atoms with E-state index in [0.717, 1.165) is 16.7 Å². The molecular formula is C15H15BrN2O3. The van der Waals surface area contributed by atoms with Crippen LogP contribution >= 0.6 is 15.9 Å². The molecule has 1 aromatic heterocycles. The van der Waals surface area contributed by atoms with Gasteiger partial charge in [-0.25, -0.2) is 4.98 Å². The Balaban J connectivity index is 2.46. The maximum Gasteiger partial charge on any atom is 0.312 e. The Morgan fingerprint density at radius 1 is 1.24 bits per heavy atom. The molecule has 0 bridgehead atoms. The van der Waals surface area contributed by atoms with Gasteiger partial charge in [-0.3, -0.25) is 10.1 Å². The number of rotatable bonds is 4. The lowest BCUT2D eigenvalue weighted by molar-refractivity contribution is -0.385. The third kappa shape index (κ3) is 3.39. The molecule has 0 spiro atoms. The van der Waals surface area contributed by atoms with Crippen LogP contribution in [0.25, 0.3) is 0 Å². The summed E-state index contributed by atoms with van der Waals surface area (Å²) >= 11 is 3.36. The number of nitro groups is 1. The number of alkyl halides is 1. The fourth-order valence-corrected chi connectivity index (χ4v) is 2.40. The van der Waals surface area contributed by atoms with Gasteiger partial charge in [-0.15, -0.1) is 0 Å². The molecule has 5 nitrogen and oxygen atoms in total. The molecule has 0 fully saturated rings. The van der Waals surface area contributed by atoms with Gasteiger partial charge in [-0.05, 0) is 43.5 Å². The standard InChI is InChI=1S/C15H15BrN2O3/c1-9-4-10(2)14(13(5-9)18(19)20)21-15-11(3)6-12(7-16)8-17-15/h4-6,8H,7H2,1-3H3. The monoisotopic (exact) mass is 350 g/mol. The van der Waals surface area contributed by atoms with Gasteiger partial charge >= 0.3 is 5.69 Å². The van der Waals surface area contributed by atoms with Crippen molar-refractivity contribution >= 4 is 21.6 Å². The second-order valence-corrected chi connectivity index (χ2v) is 5.45. The molecule has 6 heteroatoms. The lowest BCUT2D eigenvalue weighted by Gasteiger charge is -2.11. The van der Waals surface area contributed by atoms with Gasteiger partial charge < -0.3 is 4.74 Å². The van der Waals surface area contributed by atoms with Crippen molar-refractivity contribution in [1.82, 2.24) is 4.98 Å². The van der Waals surface area contributed by atoms with Crippen molar-refractivity contribution in [1.29, 1.82) is 0 Å². The summed E-state index contributed by atoms with van der Waals surface area (Å²) < 4.78 is 5.72. The van der Waals surface area contributed by atoms with Gasteiger partial charge in [0.25, 0.3) is 0 Å². The molecule has 0 aliphatic heterocycles. The van der Waals surface area contributed by atoms with Gasteiger partial charge in [-0.1, -0.05) is 22.0 Å². The first kappa shape index (κ1) is 15.4. The Morgan fingerprint density at radius 3 is 2.52 bits per heavy atom. The van der Waals surface area contributed by atoms with Gasteiger partial charge in [0.2, 0.25) is 11.6 Å². The van der Waals surface area contributed by atoms with Crippen LogP contribution in [0.15, 0.2) is 24.4 Å². The summed E-state index contributed by atoms with van der Waals surface area (Å²) in [4.78, 5) is 15.0. The second kappa shape index (κ2) is 6.22. The van der Waals surface area contributed by atoms with E-state index in [-0.39, 0.29) is 11.4 Å². The van der Waals surface area contributed by atoms with Gasteiger partial charge in [0, 0.05) is 23.2 Å². The highest BCUT2D eigenvalue weighted by Gasteiger charge is 2.20. The normalized spacial score (nSPS) is 10.5. The zero-order valence-electron chi connectivity index (χ0n) is 12.0. The van der Waals surface area contributed by atoms with Crippen molar-refractivity contribution in [3.63, 3.8) is 0 Å². The maximum atomic E-state index is 11.2. The Bertz CT molecular complexity index is 702. The van der Waals surface area contributed by atoms with E-state index < -0.39 is 4.92 Å². The molecule has 21 heavy (non-hydrogen) atoms. The SMILES string of the molecule is Cc1cc(C)c(Oc2ncc(CBr)cc2C)c([N+](=O)[O-])c1. The number of hydrogen-bond donors (Lipinski definition) is 0. The van der Waals surface area contributed by atoms with Crippen molar-refractivity contribution in [2.75, 3.05) is 0 Å². The average molecular weight is 351 g/mol. The molecule has 0 saturated heterocycles. The third-order valence-corrected chi connectivity index (χ3v) is 3.68. The summed E-state index contributed by atoms with van der Waals surface area (Å²) in [5, 5.41) is 11.9. The molecule has 0 amide bonds. The molecule has 2 rings (SSSR count). The molecular weight excluding hydrogens is 336 g/mol. The van der Waals surface area contributed by atoms with E-state index in [9.17, 15) is 10.1 Å². The van der Waals surface area contributed by atoms with Crippen molar-refractivity contribution in [2.24, 2.45) is 0 Å². The van der Waals surface area contributed by atoms with Gasteiger partial charge in [0.05, 0.1) is 4.92 Å². The molecule has 0 aliphatic rings. The molecule has 0 radical (unpaired) electrons. The van der Waals surface area contributed by atoms with E-state index in [1.807, 2.05) is 26.0 Å². The van der Waals surface area contributed by atoms with E-state index >= 15 is 0 Å². The number of halogens is 1. The summed E-state index contributed by atoms with van der Waals surface area (Å²) in [5.74, 6) is 0.627. The Kier molecular flexibility index (Phi) is 4.57. The molecule has 0 N–H and O–H groups in total. The Morgan fingerprint density at radius 2 is 1.95 bits per heavy atom. The lowest BCUT2D eigenvalue weighted by Crippen LogP contribution is -1.99. The molecule has 110 valence electrons. The first-order chi connectivity index (χ1) is 9.92. The zero-order valence-corrected chi connectivity index (χ0v) is 13.6. The molecule has 0 saturated carbocycles. The number of hydrogen-bond acceptors (Lipinski definition) is 4. The van der Waals surface area contributed by atoms with Crippen LogP contribution in [0, 0.1) is 30.9 Å². The predicted octanol–water partition coefficient (Wildman–Crippen LogP) is 4.60. The first-order valence-electron chi connectivity index (χ1n) is 6.37. The number of nitrogens with zero attached hydrogens (tertiary/aromatic N) is 2. The number of benzene rings is 1. The number of aryl methyl sites for hydroxylation is 3. The largest absolute Gasteiger partial charge is 0.431 e. The Hall–Kier alpha value is -1.95. The second-order valence-electron chi connectivity index (χ2n) is 4.89. The first-order valence-corrected chi connectivity index (χ1v) is 7.49. The van der Waals surface area contributed by atoms with Crippen LogP contribution in [-0.2, 0) is 5.33 Å². The lowest BCUT2D eigenvalue weighted by atomic mass is 10.1. The highest BCUT2D eigenvalue weighted by molar-refractivity contribution is 9.08. The van der Waals surface area contributed by atoms with Crippen molar-refractivity contribution < 1.29 is 9.66 Å². The number of nitro benzene ring substituents is 1. The third-order valence-electron chi connectivity index (χ3n) is 3.04. The summed E-state index contributed by atoms with van der Waals surface area (Å²) in [6.07, 6.45) is 1.69. The van der Waals surface area contributed by atoms with E-state index in [1.54, 1.807) is 13.1 Å². The summed E-state index contributed by atoms with van der Waals surface area (Å²) in [6.45, 7) is 5.47. The number of aromatic nitrogens is 1. The van der Waals surface area contributed by atoms with Crippen LogP contribution in [0.4, 0.5) is 5.69 Å². The fourth-order valence-electron chi connectivity index (χ4n) is 2.10. The van der Waals surface area contributed by atoms with Crippen molar-refractivity contribution in [3.8, 4) is 11.6 Å². The Labute approximate surface area is 131 Å². The average Bonchev–Trinajstić information content (AvgIpc) is 2.42. The minimum Gasteiger partial charge on any atom is -0.431 e. The van der Waals surface area contributed by atoms with Crippen LogP contribution < -0.4 is 4.74 Å².